The zero-order chi connectivity index (χ0) is 17.7. The number of rotatable bonds is 6. The van der Waals surface area contributed by atoms with Gasteiger partial charge in [-0.05, 0) is 19.4 Å². The van der Waals surface area contributed by atoms with Crippen LogP contribution < -0.4 is 0 Å². The number of nitrogens with zero attached hydrogens (tertiary/aromatic N) is 3. The average Bonchev–Trinajstić information content (AvgIpc) is 2.84. The van der Waals surface area contributed by atoms with Gasteiger partial charge in [-0.1, -0.05) is 24.9 Å². The molecule has 1 aliphatic rings. The number of ether oxygens (including phenoxy) is 1. The number of halogens is 1. The predicted molar refractivity (Wildman–Crippen MR) is 89.9 cm³/mol. The number of aliphatic carboxylic acids is 1. The zero-order valence-corrected chi connectivity index (χ0v) is 14.6. The molecule has 1 aromatic heterocycles. The first-order valence-electron chi connectivity index (χ1n) is 7.97. The molecule has 2 heterocycles. The number of carboxylic acids is 1. The van der Waals surface area contributed by atoms with Crippen molar-refractivity contribution in [2.45, 2.75) is 39.3 Å². The number of hydrogen-bond acceptors (Lipinski definition) is 4. The molecule has 132 valence electrons. The number of unbranched alkanes of at least 4 members (excludes halogenated alkanes) is 1. The monoisotopic (exact) mass is 355 g/mol. The highest BCUT2D eigenvalue weighted by atomic mass is 35.5. The van der Waals surface area contributed by atoms with E-state index in [9.17, 15) is 14.7 Å². The SMILES string of the molecule is CCCCn1nc(C)c(C=CC(=O)N2CCOCC2C(=O)O)c1Cl. The maximum Gasteiger partial charge on any atom is 0.328 e. The van der Waals surface area contributed by atoms with Crippen molar-refractivity contribution in [3.05, 3.63) is 22.5 Å². The molecule has 0 radical (unpaired) electrons. The molecule has 8 heteroatoms. The molecule has 1 N–H and O–H groups in total. The number of morpholine rings is 1. The van der Waals surface area contributed by atoms with Gasteiger partial charge in [0.1, 0.15) is 5.15 Å². The molecule has 1 aliphatic heterocycles. The first kappa shape index (κ1) is 18.5. The number of aromatic nitrogens is 2. The lowest BCUT2D eigenvalue weighted by atomic mass is 10.2. The van der Waals surface area contributed by atoms with Crippen LogP contribution in [0.25, 0.3) is 6.08 Å². The van der Waals surface area contributed by atoms with Gasteiger partial charge >= 0.3 is 5.97 Å². The van der Waals surface area contributed by atoms with Crippen LogP contribution in [-0.4, -0.2) is 57.5 Å². The van der Waals surface area contributed by atoms with Crippen molar-refractivity contribution < 1.29 is 19.4 Å². The highest BCUT2D eigenvalue weighted by Gasteiger charge is 2.31. The van der Waals surface area contributed by atoms with Crippen LogP contribution in [0.4, 0.5) is 0 Å². The van der Waals surface area contributed by atoms with Crippen molar-refractivity contribution in [3.8, 4) is 0 Å². The zero-order valence-electron chi connectivity index (χ0n) is 13.9. The second-order valence-corrected chi connectivity index (χ2v) is 6.02. The molecule has 0 saturated carbocycles. The molecule has 1 aromatic rings. The van der Waals surface area contributed by atoms with Crippen LogP contribution in [0, 0.1) is 6.92 Å². The lowest BCUT2D eigenvalue weighted by Crippen LogP contribution is -2.52. The van der Waals surface area contributed by atoms with Crippen molar-refractivity contribution in [3.63, 3.8) is 0 Å². The molecule has 0 bridgehead atoms. The molecule has 7 nitrogen and oxygen atoms in total. The van der Waals surface area contributed by atoms with E-state index in [0.29, 0.717) is 17.3 Å². The predicted octanol–water partition coefficient (Wildman–Crippen LogP) is 1.97. The summed E-state index contributed by atoms with van der Waals surface area (Å²) in [4.78, 5) is 24.9. The van der Waals surface area contributed by atoms with Gasteiger partial charge in [-0.15, -0.1) is 0 Å². The van der Waals surface area contributed by atoms with Crippen molar-refractivity contribution in [2.75, 3.05) is 19.8 Å². The minimum absolute atomic E-state index is 0.00362. The van der Waals surface area contributed by atoms with E-state index in [4.69, 9.17) is 16.3 Å². The summed E-state index contributed by atoms with van der Waals surface area (Å²) < 4.78 is 6.85. The van der Waals surface area contributed by atoms with Gasteiger partial charge in [0, 0.05) is 24.7 Å². The minimum Gasteiger partial charge on any atom is -0.480 e. The van der Waals surface area contributed by atoms with E-state index in [1.54, 1.807) is 10.8 Å². The molecule has 0 aromatic carbocycles. The lowest BCUT2D eigenvalue weighted by Gasteiger charge is -2.31. The average molecular weight is 356 g/mol. The minimum atomic E-state index is -1.07. The third-order valence-electron chi connectivity index (χ3n) is 3.92. The maximum absolute atomic E-state index is 12.3. The van der Waals surface area contributed by atoms with Crippen molar-refractivity contribution >= 4 is 29.6 Å². The number of amides is 1. The summed E-state index contributed by atoms with van der Waals surface area (Å²) in [6.45, 7) is 5.23. The van der Waals surface area contributed by atoms with Gasteiger partial charge in [0.25, 0.3) is 0 Å². The van der Waals surface area contributed by atoms with E-state index in [0.717, 1.165) is 25.1 Å². The van der Waals surface area contributed by atoms with Crippen LogP contribution in [-0.2, 0) is 20.9 Å². The summed E-state index contributed by atoms with van der Waals surface area (Å²) in [6.07, 6.45) is 4.95. The number of hydrogen-bond donors (Lipinski definition) is 1. The number of carbonyl (C=O) groups excluding carboxylic acids is 1. The fourth-order valence-electron chi connectivity index (χ4n) is 2.53. The highest BCUT2D eigenvalue weighted by molar-refractivity contribution is 6.31. The van der Waals surface area contributed by atoms with Gasteiger partial charge in [-0.25, -0.2) is 4.79 Å². The van der Waals surface area contributed by atoms with Gasteiger partial charge in [0.15, 0.2) is 6.04 Å². The van der Waals surface area contributed by atoms with Gasteiger partial charge in [0.2, 0.25) is 5.91 Å². The van der Waals surface area contributed by atoms with Crippen LogP contribution in [0.5, 0.6) is 0 Å². The van der Waals surface area contributed by atoms with Crippen LogP contribution in [0.3, 0.4) is 0 Å². The topological polar surface area (TPSA) is 84.7 Å². The highest BCUT2D eigenvalue weighted by Crippen LogP contribution is 2.22. The summed E-state index contributed by atoms with van der Waals surface area (Å²) in [5.74, 6) is -1.44. The van der Waals surface area contributed by atoms with Crippen LogP contribution in [0.2, 0.25) is 5.15 Å². The van der Waals surface area contributed by atoms with E-state index in [1.165, 1.54) is 11.0 Å². The molecule has 1 amide bonds. The summed E-state index contributed by atoms with van der Waals surface area (Å²) in [5, 5.41) is 14.0. The molecule has 1 saturated heterocycles. The molecule has 1 fully saturated rings. The third-order valence-corrected chi connectivity index (χ3v) is 4.32. The summed E-state index contributed by atoms with van der Waals surface area (Å²) in [6, 6.07) is -0.959. The van der Waals surface area contributed by atoms with Crippen molar-refractivity contribution in [2.24, 2.45) is 0 Å². The molecule has 1 atom stereocenters. The van der Waals surface area contributed by atoms with Gasteiger partial charge < -0.3 is 14.7 Å². The Hall–Kier alpha value is -1.86. The summed E-state index contributed by atoms with van der Waals surface area (Å²) >= 11 is 6.32. The van der Waals surface area contributed by atoms with E-state index in [1.807, 2.05) is 6.92 Å². The van der Waals surface area contributed by atoms with Gasteiger partial charge in [-0.3, -0.25) is 9.48 Å². The van der Waals surface area contributed by atoms with E-state index >= 15 is 0 Å². The molecular formula is C16H22ClN3O4. The quantitative estimate of drug-likeness (QED) is 0.788. The Kier molecular flexibility index (Phi) is 6.39. The van der Waals surface area contributed by atoms with E-state index < -0.39 is 12.0 Å². The maximum atomic E-state index is 12.3. The van der Waals surface area contributed by atoms with Gasteiger partial charge in [-0.2, -0.15) is 5.10 Å². The Bertz CT molecular complexity index is 642. The number of carboxylic acid groups (broad SMARTS) is 1. The first-order valence-corrected chi connectivity index (χ1v) is 8.35. The second kappa shape index (κ2) is 8.30. The Balaban J connectivity index is 2.13. The number of aryl methyl sites for hydroxylation is 2. The Labute approximate surface area is 145 Å². The summed E-state index contributed by atoms with van der Waals surface area (Å²) in [5.41, 5.74) is 1.41. The number of carbonyl (C=O) groups is 2. The molecular weight excluding hydrogens is 334 g/mol. The van der Waals surface area contributed by atoms with E-state index in [2.05, 4.69) is 12.0 Å². The third kappa shape index (κ3) is 4.15. The molecule has 0 spiro atoms. The molecule has 1 unspecified atom stereocenters. The van der Waals surface area contributed by atoms with Crippen LogP contribution >= 0.6 is 11.6 Å². The second-order valence-electron chi connectivity index (χ2n) is 5.66. The fraction of sp³-hybridized carbons (Fsp3) is 0.562. The molecule has 2 rings (SSSR count). The van der Waals surface area contributed by atoms with Crippen molar-refractivity contribution in [1.29, 1.82) is 0 Å². The Morgan fingerprint density at radius 3 is 2.92 bits per heavy atom. The standard InChI is InChI=1S/C16H22ClN3O4/c1-3-4-7-20-15(17)12(11(2)18-20)5-6-14(21)19-8-9-24-10-13(19)16(22)23/h5-6,13H,3-4,7-10H2,1-2H3,(H,22,23). The normalized spacial score (nSPS) is 18.3. The van der Waals surface area contributed by atoms with Gasteiger partial charge in [0.05, 0.1) is 18.9 Å². The van der Waals surface area contributed by atoms with Crippen LogP contribution in [0.15, 0.2) is 6.08 Å². The Morgan fingerprint density at radius 2 is 2.25 bits per heavy atom. The summed E-state index contributed by atoms with van der Waals surface area (Å²) in [7, 11) is 0. The molecule has 24 heavy (non-hydrogen) atoms. The lowest BCUT2D eigenvalue weighted by molar-refractivity contribution is -0.156. The smallest absolute Gasteiger partial charge is 0.328 e. The fourth-order valence-corrected chi connectivity index (χ4v) is 2.86. The van der Waals surface area contributed by atoms with Crippen molar-refractivity contribution in [1.82, 2.24) is 14.7 Å². The largest absolute Gasteiger partial charge is 0.480 e. The Morgan fingerprint density at radius 1 is 1.50 bits per heavy atom. The van der Waals surface area contributed by atoms with Crippen LogP contribution in [0.1, 0.15) is 31.0 Å². The molecule has 0 aliphatic carbocycles. The first-order chi connectivity index (χ1) is 11.5. The van der Waals surface area contributed by atoms with E-state index in [-0.39, 0.29) is 19.1 Å².